The first-order valence-electron chi connectivity index (χ1n) is 12.4. The van der Waals surface area contributed by atoms with Gasteiger partial charge in [-0.2, -0.15) is 0 Å². The summed E-state index contributed by atoms with van der Waals surface area (Å²) < 4.78 is 0. The third kappa shape index (κ3) is 11.7. The Balaban J connectivity index is 0.000000304. The number of piperazine rings is 1. The molecular formula is C28H31N3O9S. The van der Waals surface area contributed by atoms with Gasteiger partial charge in [-0.15, -0.1) is 0 Å². The van der Waals surface area contributed by atoms with Crippen LogP contribution in [0.1, 0.15) is 6.42 Å². The van der Waals surface area contributed by atoms with Gasteiger partial charge in [-0.3, -0.25) is 9.69 Å². The van der Waals surface area contributed by atoms with Gasteiger partial charge in [-0.05, 0) is 31.3 Å². The molecule has 0 aliphatic carbocycles. The number of aliphatic carboxylic acids is 4. The van der Waals surface area contributed by atoms with E-state index in [1.807, 2.05) is 41.3 Å². The highest BCUT2D eigenvalue weighted by molar-refractivity contribution is 7.99. The van der Waals surface area contributed by atoms with Crippen molar-refractivity contribution in [3.8, 4) is 0 Å². The number of fused-ring (bicyclic) bond motifs is 2. The fourth-order valence-corrected chi connectivity index (χ4v) is 4.75. The second-order valence-corrected chi connectivity index (χ2v) is 9.76. The van der Waals surface area contributed by atoms with Crippen molar-refractivity contribution in [2.45, 2.75) is 16.2 Å². The Morgan fingerprint density at radius 2 is 1.07 bits per heavy atom. The first kappa shape index (κ1) is 32.8. The van der Waals surface area contributed by atoms with Gasteiger partial charge in [0.25, 0.3) is 0 Å². The molecular weight excluding hydrogens is 554 g/mol. The van der Waals surface area contributed by atoms with Crippen LogP contribution in [0.3, 0.4) is 0 Å². The van der Waals surface area contributed by atoms with E-state index in [0.29, 0.717) is 30.7 Å². The molecule has 2 aromatic rings. The zero-order valence-corrected chi connectivity index (χ0v) is 23.1. The van der Waals surface area contributed by atoms with E-state index in [9.17, 15) is 24.0 Å². The van der Waals surface area contributed by atoms with Crippen molar-refractivity contribution in [2.24, 2.45) is 0 Å². The molecule has 0 aromatic heterocycles. The van der Waals surface area contributed by atoms with E-state index in [4.69, 9.17) is 20.4 Å². The lowest BCUT2D eigenvalue weighted by Gasteiger charge is -2.34. The number of hydrogen-bond acceptors (Lipinski definition) is 8. The van der Waals surface area contributed by atoms with Gasteiger partial charge < -0.3 is 30.2 Å². The van der Waals surface area contributed by atoms with Gasteiger partial charge >= 0.3 is 23.9 Å². The predicted octanol–water partition coefficient (Wildman–Crippen LogP) is 2.88. The van der Waals surface area contributed by atoms with Crippen molar-refractivity contribution >= 4 is 52.9 Å². The van der Waals surface area contributed by atoms with Crippen LogP contribution in [-0.4, -0.2) is 99.8 Å². The molecule has 41 heavy (non-hydrogen) atoms. The second kappa shape index (κ2) is 16.6. The molecule has 1 fully saturated rings. The Labute approximate surface area is 240 Å². The standard InChI is InChI=1S/C20H23N3OS.2C4H4O4/c1-21-12-14-22(15-13-21)11-10-20(24)23-16-6-2-4-8-18(16)25-19-9-5-3-7-17(19)23;2*5-3(6)1-2-4(7)8/h2-9H,10-15H2,1H3;2*1-2H,(H,5,6)(H,7,8)/b;2*2-1-. The number of carbonyl (C=O) groups is 5. The molecule has 4 rings (SSSR count). The van der Waals surface area contributed by atoms with Gasteiger partial charge in [0.1, 0.15) is 0 Å². The van der Waals surface area contributed by atoms with E-state index < -0.39 is 23.9 Å². The highest BCUT2D eigenvalue weighted by Gasteiger charge is 2.28. The summed E-state index contributed by atoms with van der Waals surface area (Å²) in [5.74, 6) is -4.85. The van der Waals surface area contributed by atoms with Crippen LogP contribution in [-0.2, 0) is 24.0 Å². The van der Waals surface area contributed by atoms with Gasteiger partial charge in [0.05, 0.1) is 11.4 Å². The summed E-state index contributed by atoms with van der Waals surface area (Å²) in [4.78, 5) is 60.3. The van der Waals surface area contributed by atoms with Crippen molar-refractivity contribution in [2.75, 3.05) is 44.7 Å². The lowest BCUT2D eigenvalue weighted by atomic mass is 10.2. The Hall–Kier alpha value is -4.46. The first-order chi connectivity index (χ1) is 19.5. The van der Waals surface area contributed by atoms with Crippen molar-refractivity contribution < 1.29 is 44.4 Å². The number of carboxylic acids is 4. The summed E-state index contributed by atoms with van der Waals surface area (Å²) in [6.45, 7) is 5.10. The molecule has 0 bridgehead atoms. The van der Waals surface area contributed by atoms with E-state index in [2.05, 4.69) is 29.0 Å². The smallest absolute Gasteiger partial charge is 0.328 e. The van der Waals surface area contributed by atoms with E-state index >= 15 is 0 Å². The van der Waals surface area contributed by atoms with Crippen LogP contribution < -0.4 is 4.90 Å². The molecule has 2 aliphatic rings. The average Bonchev–Trinajstić information content (AvgIpc) is 2.94. The summed E-state index contributed by atoms with van der Waals surface area (Å²) in [6, 6.07) is 16.4. The van der Waals surface area contributed by atoms with Gasteiger partial charge in [0.2, 0.25) is 5.91 Å². The molecule has 1 amide bonds. The molecule has 2 aromatic carbocycles. The number of likely N-dealkylation sites (N-methyl/N-ethyl adjacent to an activating group) is 1. The SMILES string of the molecule is CN1CCN(CCC(=O)N2c3ccccc3Sc3ccccc32)CC1.O=C(O)/C=C\C(=O)O.O=C(O)/C=C\C(=O)O. The van der Waals surface area contributed by atoms with Crippen molar-refractivity contribution in [3.05, 3.63) is 72.8 Å². The van der Waals surface area contributed by atoms with Gasteiger partial charge in [-0.25, -0.2) is 19.2 Å². The molecule has 1 saturated heterocycles. The van der Waals surface area contributed by atoms with Crippen LogP contribution in [0.15, 0.2) is 82.6 Å². The Bertz CT molecular complexity index is 1190. The molecule has 2 heterocycles. The largest absolute Gasteiger partial charge is 0.478 e. The number of rotatable bonds is 7. The number of hydrogen-bond donors (Lipinski definition) is 4. The lowest BCUT2D eigenvalue weighted by molar-refractivity contribution is -0.134. The van der Waals surface area contributed by atoms with Crippen molar-refractivity contribution in [1.29, 1.82) is 0 Å². The first-order valence-corrected chi connectivity index (χ1v) is 13.2. The third-order valence-corrected chi connectivity index (χ3v) is 6.79. The maximum absolute atomic E-state index is 13.1. The molecule has 0 unspecified atom stereocenters. The molecule has 12 nitrogen and oxygen atoms in total. The number of amides is 1. The van der Waals surface area contributed by atoms with Gasteiger partial charge in [0, 0.05) is 73.2 Å². The number of para-hydroxylation sites is 2. The predicted molar refractivity (Wildman–Crippen MR) is 152 cm³/mol. The van der Waals surface area contributed by atoms with E-state index in [-0.39, 0.29) is 5.91 Å². The number of anilines is 2. The van der Waals surface area contributed by atoms with E-state index in [0.717, 1.165) is 53.9 Å². The van der Waals surface area contributed by atoms with Crippen LogP contribution in [0.4, 0.5) is 11.4 Å². The van der Waals surface area contributed by atoms with Crippen molar-refractivity contribution in [3.63, 3.8) is 0 Å². The van der Waals surface area contributed by atoms with Crippen LogP contribution in [0.25, 0.3) is 0 Å². The minimum Gasteiger partial charge on any atom is -0.478 e. The topological polar surface area (TPSA) is 176 Å². The number of nitrogens with zero attached hydrogens (tertiary/aromatic N) is 3. The van der Waals surface area contributed by atoms with Crippen LogP contribution in [0.2, 0.25) is 0 Å². The minimum absolute atomic E-state index is 0.180. The van der Waals surface area contributed by atoms with Crippen LogP contribution >= 0.6 is 11.8 Å². The number of carbonyl (C=O) groups excluding carboxylic acids is 1. The number of benzene rings is 2. The van der Waals surface area contributed by atoms with E-state index in [1.54, 1.807) is 11.8 Å². The van der Waals surface area contributed by atoms with Gasteiger partial charge in [-0.1, -0.05) is 36.0 Å². The third-order valence-electron chi connectivity index (χ3n) is 5.66. The minimum atomic E-state index is -1.26. The highest BCUT2D eigenvalue weighted by Crippen LogP contribution is 2.48. The Kier molecular flexibility index (Phi) is 13.3. The molecule has 13 heteroatoms. The maximum Gasteiger partial charge on any atom is 0.328 e. The van der Waals surface area contributed by atoms with Gasteiger partial charge in [0.15, 0.2) is 0 Å². The zero-order chi connectivity index (χ0) is 30.4. The molecule has 0 radical (unpaired) electrons. The fourth-order valence-electron chi connectivity index (χ4n) is 3.70. The summed E-state index contributed by atoms with van der Waals surface area (Å²) in [7, 11) is 2.15. The van der Waals surface area contributed by atoms with Crippen molar-refractivity contribution in [1.82, 2.24) is 9.80 Å². The molecule has 0 atom stereocenters. The monoisotopic (exact) mass is 585 g/mol. The molecule has 218 valence electrons. The lowest BCUT2D eigenvalue weighted by Crippen LogP contribution is -2.45. The quantitative estimate of drug-likeness (QED) is 0.350. The summed E-state index contributed by atoms with van der Waals surface area (Å²) >= 11 is 1.74. The molecule has 0 saturated carbocycles. The Morgan fingerprint density at radius 1 is 0.683 bits per heavy atom. The number of carboxylic acid groups (broad SMARTS) is 4. The molecule has 4 N–H and O–H groups in total. The average molecular weight is 586 g/mol. The molecule has 2 aliphatic heterocycles. The van der Waals surface area contributed by atoms with Crippen LogP contribution in [0, 0.1) is 0 Å². The Morgan fingerprint density at radius 3 is 1.46 bits per heavy atom. The van der Waals surface area contributed by atoms with Crippen LogP contribution in [0.5, 0.6) is 0 Å². The second-order valence-electron chi connectivity index (χ2n) is 8.68. The summed E-state index contributed by atoms with van der Waals surface area (Å²) in [5.41, 5.74) is 2.02. The highest BCUT2D eigenvalue weighted by atomic mass is 32.2. The zero-order valence-electron chi connectivity index (χ0n) is 22.3. The molecule has 0 spiro atoms. The fraction of sp³-hybridized carbons (Fsp3) is 0.250. The normalized spacial score (nSPS) is 14.6. The maximum atomic E-state index is 13.1. The van der Waals surface area contributed by atoms with E-state index in [1.165, 1.54) is 0 Å². The summed E-state index contributed by atoms with van der Waals surface area (Å²) in [5, 5.41) is 31.2. The summed E-state index contributed by atoms with van der Waals surface area (Å²) in [6.07, 6.45) is 2.78.